The summed E-state index contributed by atoms with van der Waals surface area (Å²) >= 11 is 15.6. The normalized spacial score (nSPS) is 12.0. The SMILES string of the molecule is [CH2]C(Cl)(Cl)CCl. The molecule has 1 radical (unpaired) electrons. The zero-order valence-electron chi connectivity index (χ0n) is 3.05. The lowest BCUT2D eigenvalue weighted by Crippen LogP contribution is -2.06. The van der Waals surface area contributed by atoms with Gasteiger partial charge in [0.2, 0.25) is 0 Å². The van der Waals surface area contributed by atoms with Crippen molar-refractivity contribution in [2.45, 2.75) is 4.33 Å². The molecule has 0 nitrogen and oxygen atoms in total. The summed E-state index contributed by atoms with van der Waals surface area (Å²) in [5.41, 5.74) is 0. The Morgan fingerprint density at radius 3 is 1.67 bits per heavy atom. The van der Waals surface area contributed by atoms with Crippen LogP contribution in [0.5, 0.6) is 0 Å². The Balaban J connectivity index is 3.17. The third-order valence-electron chi connectivity index (χ3n) is 0.196. The monoisotopic (exact) mass is 145 g/mol. The Morgan fingerprint density at radius 2 is 1.67 bits per heavy atom. The van der Waals surface area contributed by atoms with Gasteiger partial charge in [0.1, 0.15) is 4.33 Å². The van der Waals surface area contributed by atoms with E-state index in [0.717, 1.165) is 0 Å². The van der Waals surface area contributed by atoms with E-state index in [2.05, 4.69) is 6.92 Å². The van der Waals surface area contributed by atoms with Crippen molar-refractivity contribution < 1.29 is 0 Å². The van der Waals surface area contributed by atoms with Gasteiger partial charge in [-0.25, -0.2) is 0 Å². The predicted molar refractivity (Wildman–Crippen MR) is 30.5 cm³/mol. The maximum atomic E-state index is 5.24. The number of alkyl halides is 3. The van der Waals surface area contributed by atoms with Crippen LogP contribution in [0.4, 0.5) is 0 Å². The molecule has 0 aromatic carbocycles. The fourth-order valence-corrected chi connectivity index (χ4v) is 0. The van der Waals surface area contributed by atoms with Crippen LogP contribution in [0, 0.1) is 6.92 Å². The van der Waals surface area contributed by atoms with Crippen LogP contribution in [0.3, 0.4) is 0 Å². The van der Waals surface area contributed by atoms with E-state index in [0.29, 0.717) is 0 Å². The molecule has 0 rings (SSSR count). The van der Waals surface area contributed by atoms with E-state index < -0.39 is 4.33 Å². The second kappa shape index (κ2) is 2.25. The van der Waals surface area contributed by atoms with Crippen LogP contribution < -0.4 is 0 Å². The van der Waals surface area contributed by atoms with Crippen molar-refractivity contribution in [1.29, 1.82) is 0 Å². The Bertz CT molecular complexity index is 35.8. The molecule has 0 aliphatic carbocycles. The molecule has 0 saturated heterocycles. The molecule has 37 valence electrons. The Kier molecular flexibility index (Phi) is 2.57. The molecule has 0 aliphatic heterocycles. The van der Waals surface area contributed by atoms with Gasteiger partial charge in [-0.3, -0.25) is 0 Å². The molecule has 0 fully saturated rings. The van der Waals surface area contributed by atoms with Crippen molar-refractivity contribution >= 4 is 34.8 Å². The minimum absolute atomic E-state index is 0.163. The highest BCUT2D eigenvalue weighted by atomic mass is 35.5. The Labute approximate surface area is 52.4 Å². The van der Waals surface area contributed by atoms with Crippen molar-refractivity contribution in [1.82, 2.24) is 0 Å². The molecule has 0 saturated carbocycles. The molecule has 0 aromatic rings. The van der Waals surface area contributed by atoms with Crippen LogP contribution in [-0.2, 0) is 0 Å². The third kappa shape index (κ3) is 4.87. The fraction of sp³-hybridized carbons (Fsp3) is 0.667. The number of halogens is 3. The molecule has 6 heavy (non-hydrogen) atoms. The number of rotatable bonds is 1. The van der Waals surface area contributed by atoms with Gasteiger partial charge in [-0.15, -0.1) is 34.8 Å². The van der Waals surface area contributed by atoms with Crippen molar-refractivity contribution in [3.05, 3.63) is 6.92 Å². The maximum Gasteiger partial charge on any atom is 0.131 e. The smallest absolute Gasteiger partial charge is 0.123 e. The summed E-state index contributed by atoms with van der Waals surface area (Å²) in [5.74, 6) is 0.163. The summed E-state index contributed by atoms with van der Waals surface area (Å²) in [5, 5.41) is 0. The molecule has 0 bridgehead atoms. The molecule has 0 aliphatic rings. The van der Waals surface area contributed by atoms with Crippen molar-refractivity contribution in [3.8, 4) is 0 Å². The van der Waals surface area contributed by atoms with Crippen LogP contribution in [0.2, 0.25) is 0 Å². The first-order valence-electron chi connectivity index (χ1n) is 1.35. The van der Waals surface area contributed by atoms with E-state index in [-0.39, 0.29) is 5.88 Å². The molecule has 0 aromatic heterocycles. The van der Waals surface area contributed by atoms with Gasteiger partial charge in [0.25, 0.3) is 0 Å². The van der Waals surface area contributed by atoms with Crippen LogP contribution in [-0.4, -0.2) is 10.2 Å². The van der Waals surface area contributed by atoms with E-state index in [1.54, 1.807) is 0 Å². The summed E-state index contributed by atoms with van der Waals surface area (Å²) in [6.45, 7) is 3.29. The van der Waals surface area contributed by atoms with Gasteiger partial charge in [-0.2, -0.15) is 0 Å². The summed E-state index contributed by atoms with van der Waals surface area (Å²) in [7, 11) is 0. The molecule has 0 N–H and O–H groups in total. The van der Waals surface area contributed by atoms with Gasteiger partial charge in [0, 0.05) is 0 Å². The molecule has 0 atom stereocenters. The fourth-order valence-electron chi connectivity index (χ4n) is 0. The van der Waals surface area contributed by atoms with Gasteiger partial charge in [0.15, 0.2) is 0 Å². The van der Waals surface area contributed by atoms with E-state index in [9.17, 15) is 0 Å². The minimum atomic E-state index is -0.998. The van der Waals surface area contributed by atoms with E-state index >= 15 is 0 Å². The first-order chi connectivity index (χ1) is 2.56. The summed E-state index contributed by atoms with van der Waals surface area (Å²) in [6, 6.07) is 0. The average Bonchev–Trinajstić information content (AvgIpc) is 1.35. The van der Waals surface area contributed by atoms with Gasteiger partial charge in [-0.05, 0) is 6.92 Å². The highest BCUT2D eigenvalue weighted by Gasteiger charge is 2.12. The number of hydrogen-bond donors (Lipinski definition) is 0. The third-order valence-corrected chi connectivity index (χ3v) is 1.19. The maximum absolute atomic E-state index is 5.24. The van der Waals surface area contributed by atoms with Gasteiger partial charge < -0.3 is 0 Å². The first-order valence-corrected chi connectivity index (χ1v) is 2.64. The van der Waals surface area contributed by atoms with Crippen molar-refractivity contribution in [2.75, 3.05) is 5.88 Å². The van der Waals surface area contributed by atoms with Crippen molar-refractivity contribution in [2.24, 2.45) is 0 Å². The van der Waals surface area contributed by atoms with Gasteiger partial charge in [0.05, 0.1) is 5.88 Å². The van der Waals surface area contributed by atoms with Crippen LogP contribution >= 0.6 is 34.8 Å². The molecule has 0 amide bonds. The molecule has 0 spiro atoms. The summed E-state index contributed by atoms with van der Waals surface area (Å²) < 4.78 is -0.998. The lowest BCUT2D eigenvalue weighted by Gasteiger charge is -2.03. The summed E-state index contributed by atoms with van der Waals surface area (Å²) in [4.78, 5) is 0. The molecular weight excluding hydrogens is 142 g/mol. The molecule has 0 unspecified atom stereocenters. The Morgan fingerprint density at radius 1 is 1.50 bits per heavy atom. The highest BCUT2D eigenvalue weighted by Crippen LogP contribution is 2.19. The van der Waals surface area contributed by atoms with Crippen LogP contribution in [0.15, 0.2) is 0 Å². The molecule has 0 heterocycles. The lowest BCUT2D eigenvalue weighted by molar-refractivity contribution is 1.13. The van der Waals surface area contributed by atoms with E-state index in [1.165, 1.54) is 0 Å². The predicted octanol–water partition coefficient (Wildman–Crippen LogP) is 2.23. The minimum Gasteiger partial charge on any atom is -0.123 e. The number of hydrogen-bond acceptors (Lipinski definition) is 0. The van der Waals surface area contributed by atoms with Gasteiger partial charge >= 0.3 is 0 Å². The second-order valence-electron chi connectivity index (χ2n) is 0.990. The first kappa shape index (κ1) is 6.87. The zero-order chi connectivity index (χ0) is 5.21. The largest absolute Gasteiger partial charge is 0.131 e. The van der Waals surface area contributed by atoms with Gasteiger partial charge in [-0.1, -0.05) is 0 Å². The standard InChI is InChI=1S/C3H4Cl3/c1-3(5,6)2-4/h1-2H2. The zero-order valence-corrected chi connectivity index (χ0v) is 5.32. The average molecular weight is 146 g/mol. The summed E-state index contributed by atoms with van der Waals surface area (Å²) in [6.07, 6.45) is 0. The van der Waals surface area contributed by atoms with Crippen LogP contribution in [0.25, 0.3) is 0 Å². The van der Waals surface area contributed by atoms with Crippen molar-refractivity contribution in [3.63, 3.8) is 0 Å². The quantitative estimate of drug-likeness (QED) is 0.498. The molecule has 3 heteroatoms. The lowest BCUT2D eigenvalue weighted by atomic mass is 10.5. The topological polar surface area (TPSA) is 0 Å². The highest BCUT2D eigenvalue weighted by molar-refractivity contribution is 6.52. The Hall–Kier alpha value is 0.870. The van der Waals surface area contributed by atoms with E-state index in [1.807, 2.05) is 0 Å². The molecular formula is C3H4Cl3. The second-order valence-corrected chi connectivity index (χ2v) is 2.90. The van der Waals surface area contributed by atoms with E-state index in [4.69, 9.17) is 34.8 Å². The van der Waals surface area contributed by atoms with Crippen LogP contribution in [0.1, 0.15) is 0 Å².